The van der Waals surface area contributed by atoms with Crippen LogP contribution in [0, 0.1) is 0 Å². The molecular formula is C16H22F3N3O3. The van der Waals surface area contributed by atoms with Gasteiger partial charge in [0.15, 0.2) is 0 Å². The van der Waals surface area contributed by atoms with Crippen molar-refractivity contribution in [3.05, 3.63) is 29.8 Å². The maximum atomic E-state index is 12.0. The van der Waals surface area contributed by atoms with Crippen molar-refractivity contribution in [2.45, 2.75) is 18.6 Å². The molecule has 2 amide bonds. The molecule has 0 aliphatic heterocycles. The zero-order valence-electron chi connectivity index (χ0n) is 14.3. The summed E-state index contributed by atoms with van der Waals surface area (Å²) in [6.07, 6.45) is -5.18. The molecular weight excluding hydrogens is 339 g/mol. The van der Waals surface area contributed by atoms with Crippen LogP contribution in [0.3, 0.4) is 0 Å². The highest BCUT2D eigenvalue weighted by Gasteiger charge is 2.38. The molecule has 6 nitrogen and oxygen atoms in total. The number of rotatable bonds is 8. The Morgan fingerprint density at radius 2 is 1.76 bits per heavy atom. The SMILES string of the molecule is COc1ccc(C(CNC(=O)CCNC(=O)C(F)(F)F)N(C)C)cc1. The topological polar surface area (TPSA) is 70.7 Å². The van der Waals surface area contributed by atoms with Crippen molar-refractivity contribution in [1.82, 2.24) is 15.5 Å². The molecule has 1 aromatic rings. The number of ether oxygens (including phenoxy) is 1. The first-order chi connectivity index (χ1) is 11.6. The Balaban J connectivity index is 2.49. The van der Waals surface area contributed by atoms with E-state index in [1.54, 1.807) is 24.6 Å². The summed E-state index contributed by atoms with van der Waals surface area (Å²) < 4.78 is 41.2. The van der Waals surface area contributed by atoms with Crippen molar-refractivity contribution in [3.63, 3.8) is 0 Å². The average Bonchev–Trinajstić information content (AvgIpc) is 2.54. The van der Waals surface area contributed by atoms with Crippen molar-refractivity contribution in [3.8, 4) is 5.75 Å². The number of alkyl halides is 3. The lowest BCUT2D eigenvalue weighted by Crippen LogP contribution is -2.40. The number of hydrogen-bond acceptors (Lipinski definition) is 4. The number of nitrogens with zero attached hydrogens (tertiary/aromatic N) is 1. The smallest absolute Gasteiger partial charge is 0.471 e. The normalized spacial score (nSPS) is 12.6. The Morgan fingerprint density at radius 1 is 1.16 bits per heavy atom. The Kier molecular flexibility index (Phi) is 7.69. The lowest BCUT2D eigenvalue weighted by molar-refractivity contribution is -0.173. The molecule has 0 heterocycles. The molecule has 0 saturated carbocycles. The van der Waals surface area contributed by atoms with Gasteiger partial charge in [0.2, 0.25) is 5.91 Å². The van der Waals surface area contributed by atoms with E-state index < -0.39 is 18.0 Å². The fraction of sp³-hybridized carbons (Fsp3) is 0.500. The van der Waals surface area contributed by atoms with E-state index >= 15 is 0 Å². The summed E-state index contributed by atoms with van der Waals surface area (Å²) in [5, 5.41) is 4.32. The molecule has 1 unspecified atom stereocenters. The van der Waals surface area contributed by atoms with Crippen LogP contribution in [0.2, 0.25) is 0 Å². The van der Waals surface area contributed by atoms with Gasteiger partial charge in [0.1, 0.15) is 5.75 Å². The highest BCUT2D eigenvalue weighted by molar-refractivity contribution is 5.82. The first-order valence-corrected chi connectivity index (χ1v) is 7.57. The Bertz CT molecular complexity index is 574. The molecule has 0 saturated heterocycles. The van der Waals surface area contributed by atoms with Gasteiger partial charge in [-0.1, -0.05) is 12.1 Å². The molecule has 2 N–H and O–H groups in total. The predicted octanol–water partition coefficient (Wildman–Crippen LogP) is 1.48. The van der Waals surface area contributed by atoms with Gasteiger partial charge in [0.25, 0.3) is 0 Å². The summed E-state index contributed by atoms with van der Waals surface area (Å²) in [5.41, 5.74) is 0.955. The van der Waals surface area contributed by atoms with Crippen molar-refractivity contribution >= 4 is 11.8 Å². The Morgan fingerprint density at radius 3 is 2.24 bits per heavy atom. The van der Waals surface area contributed by atoms with Crippen molar-refractivity contribution in [1.29, 1.82) is 0 Å². The van der Waals surface area contributed by atoms with Crippen LogP contribution in [0.25, 0.3) is 0 Å². The number of carbonyl (C=O) groups is 2. The van der Waals surface area contributed by atoms with Crippen LogP contribution in [0.1, 0.15) is 18.0 Å². The summed E-state index contributed by atoms with van der Waals surface area (Å²) >= 11 is 0. The fourth-order valence-corrected chi connectivity index (χ4v) is 2.11. The molecule has 0 aliphatic carbocycles. The quantitative estimate of drug-likeness (QED) is 0.736. The molecule has 0 aromatic heterocycles. The van der Waals surface area contributed by atoms with E-state index in [2.05, 4.69) is 5.32 Å². The van der Waals surface area contributed by atoms with E-state index in [1.807, 2.05) is 31.1 Å². The van der Waals surface area contributed by atoms with Crippen LogP contribution in [-0.2, 0) is 9.59 Å². The molecule has 9 heteroatoms. The first-order valence-electron chi connectivity index (χ1n) is 7.57. The van der Waals surface area contributed by atoms with Crippen molar-refractivity contribution in [2.24, 2.45) is 0 Å². The number of methoxy groups -OCH3 is 1. The van der Waals surface area contributed by atoms with Crippen LogP contribution in [0.15, 0.2) is 24.3 Å². The van der Waals surface area contributed by atoms with Gasteiger partial charge in [-0.25, -0.2) is 0 Å². The maximum Gasteiger partial charge on any atom is 0.471 e. The van der Waals surface area contributed by atoms with Gasteiger partial charge in [0, 0.05) is 19.5 Å². The van der Waals surface area contributed by atoms with E-state index in [-0.39, 0.29) is 25.6 Å². The van der Waals surface area contributed by atoms with Crippen LogP contribution in [0.4, 0.5) is 13.2 Å². The van der Waals surface area contributed by atoms with Gasteiger partial charge in [-0.05, 0) is 31.8 Å². The third-order valence-corrected chi connectivity index (χ3v) is 3.51. The summed E-state index contributed by atoms with van der Waals surface area (Å²) in [6, 6.07) is 7.25. The summed E-state index contributed by atoms with van der Waals surface area (Å²) in [5.74, 6) is -1.78. The van der Waals surface area contributed by atoms with E-state index in [1.165, 1.54) is 0 Å². The van der Waals surface area contributed by atoms with E-state index in [0.717, 1.165) is 5.56 Å². The molecule has 0 aliphatic rings. The summed E-state index contributed by atoms with van der Waals surface area (Å²) in [7, 11) is 5.27. The second-order valence-corrected chi connectivity index (χ2v) is 5.56. The third kappa shape index (κ3) is 7.00. The Hall–Kier alpha value is -2.29. The zero-order valence-corrected chi connectivity index (χ0v) is 14.3. The average molecular weight is 361 g/mol. The van der Waals surface area contributed by atoms with Gasteiger partial charge in [0.05, 0.1) is 13.2 Å². The van der Waals surface area contributed by atoms with Crippen LogP contribution in [0.5, 0.6) is 5.75 Å². The standard InChI is InChI=1S/C16H22F3N3O3/c1-22(2)13(11-4-6-12(25-3)7-5-11)10-21-14(23)8-9-20-15(24)16(17,18)19/h4-7,13H,8-10H2,1-3H3,(H,20,24)(H,21,23). The minimum absolute atomic E-state index is 0.111. The van der Waals surface area contributed by atoms with Gasteiger partial charge in [-0.3, -0.25) is 9.59 Å². The van der Waals surface area contributed by atoms with Gasteiger partial charge < -0.3 is 20.3 Å². The molecule has 1 aromatic carbocycles. The summed E-state index contributed by atoms with van der Waals surface area (Å²) in [6.45, 7) is -0.0925. The van der Waals surface area contributed by atoms with Crippen molar-refractivity contribution < 1.29 is 27.5 Å². The minimum Gasteiger partial charge on any atom is -0.497 e. The van der Waals surface area contributed by atoms with Gasteiger partial charge in [-0.15, -0.1) is 0 Å². The molecule has 140 valence electrons. The number of likely N-dealkylation sites (N-methyl/N-ethyl adjacent to an activating group) is 1. The number of amides is 2. The molecule has 1 rings (SSSR count). The van der Waals surface area contributed by atoms with E-state index in [0.29, 0.717) is 5.75 Å². The zero-order chi connectivity index (χ0) is 19.0. The van der Waals surface area contributed by atoms with Crippen LogP contribution in [-0.4, -0.2) is 57.2 Å². The lowest BCUT2D eigenvalue weighted by Gasteiger charge is -2.25. The van der Waals surface area contributed by atoms with Crippen LogP contribution < -0.4 is 15.4 Å². The molecule has 0 radical (unpaired) electrons. The van der Waals surface area contributed by atoms with Gasteiger partial charge in [-0.2, -0.15) is 13.2 Å². The Labute approximate surface area is 144 Å². The molecule has 0 fully saturated rings. The minimum atomic E-state index is -4.94. The van der Waals surface area contributed by atoms with Gasteiger partial charge >= 0.3 is 12.1 Å². The van der Waals surface area contributed by atoms with Crippen molar-refractivity contribution in [2.75, 3.05) is 34.3 Å². The fourth-order valence-electron chi connectivity index (χ4n) is 2.11. The molecule has 25 heavy (non-hydrogen) atoms. The van der Waals surface area contributed by atoms with E-state index in [4.69, 9.17) is 4.74 Å². The monoisotopic (exact) mass is 361 g/mol. The second kappa shape index (κ2) is 9.26. The maximum absolute atomic E-state index is 12.0. The molecule has 0 spiro atoms. The first kappa shape index (κ1) is 20.8. The number of nitrogens with one attached hydrogen (secondary N) is 2. The number of hydrogen-bond donors (Lipinski definition) is 2. The number of carbonyl (C=O) groups excluding carboxylic acids is 2. The number of benzene rings is 1. The summed E-state index contributed by atoms with van der Waals surface area (Å²) in [4.78, 5) is 24.3. The highest BCUT2D eigenvalue weighted by atomic mass is 19.4. The predicted molar refractivity (Wildman–Crippen MR) is 86.1 cm³/mol. The number of halogens is 3. The third-order valence-electron chi connectivity index (χ3n) is 3.51. The second-order valence-electron chi connectivity index (χ2n) is 5.56. The largest absolute Gasteiger partial charge is 0.497 e. The highest BCUT2D eigenvalue weighted by Crippen LogP contribution is 2.20. The molecule has 0 bridgehead atoms. The molecule has 1 atom stereocenters. The lowest BCUT2D eigenvalue weighted by atomic mass is 10.1. The van der Waals surface area contributed by atoms with Crippen LogP contribution >= 0.6 is 0 Å². The van der Waals surface area contributed by atoms with E-state index in [9.17, 15) is 22.8 Å².